The van der Waals surface area contributed by atoms with E-state index in [9.17, 15) is 0 Å². The lowest BCUT2D eigenvalue weighted by atomic mass is 9.99. The Balaban J connectivity index is 1.88. The minimum atomic E-state index is 0.660. The number of aromatic nitrogens is 2. The molecule has 2 rings (SSSR count). The van der Waals surface area contributed by atoms with Gasteiger partial charge in [0.2, 0.25) is 5.89 Å². The van der Waals surface area contributed by atoms with Gasteiger partial charge in [-0.05, 0) is 39.4 Å². The van der Waals surface area contributed by atoms with E-state index in [2.05, 4.69) is 20.4 Å². The zero-order valence-corrected chi connectivity index (χ0v) is 9.85. The molecule has 0 aromatic carbocycles. The lowest BCUT2D eigenvalue weighted by Gasteiger charge is -2.34. The Bertz CT molecular complexity index is 288. The molecule has 16 heavy (non-hydrogen) atoms. The Morgan fingerprint density at radius 2 is 2.50 bits per heavy atom. The van der Waals surface area contributed by atoms with Crippen molar-refractivity contribution in [2.45, 2.75) is 38.3 Å². The summed E-state index contributed by atoms with van der Waals surface area (Å²) in [6.45, 7) is 3.02. The van der Waals surface area contributed by atoms with Gasteiger partial charge in [-0.1, -0.05) is 11.6 Å². The average Bonchev–Trinajstić information content (AvgIpc) is 2.81. The summed E-state index contributed by atoms with van der Waals surface area (Å²) >= 11 is 0. The third kappa shape index (κ3) is 3.02. The first-order valence-electron chi connectivity index (χ1n) is 6.04. The summed E-state index contributed by atoms with van der Waals surface area (Å²) in [5.41, 5.74) is 0. The van der Waals surface area contributed by atoms with Crippen LogP contribution in [0.15, 0.2) is 10.9 Å². The maximum Gasteiger partial charge on any atom is 0.240 e. The first-order valence-corrected chi connectivity index (χ1v) is 6.04. The van der Waals surface area contributed by atoms with Crippen LogP contribution in [0, 0.1) is 0 Å². The highest BCUT2D eigenvalue weighted by Crippen LogP contribution is 2.20. The van der Waals surface area contributed by atoms with Gasteiger partial charge in [0.1, 0.15) is 0 Å². The van der Waals surface area contributed by atoms with E-state index < -0.39 is 0 Å². The zero-order valence-electron chi connectivity index (χ0n) is 9.85. The molecule has 0 radical (unpaired) electrons. The number of nitrogens with zero attached hydrogens (tertiary/aromatic N) is 3. The maximum atomic E-state index is 5.07. The molecular formula is C11H20N4O. The quantitative estimate of drug-likeness (QED) is 0.809. The van der Waals surface area contributed by atoms with Gasteiger partial charge in [0.15, 0.2) is 6.33 Å². The minimum absolute atomic E-state index is 0.660. The number of piperidine rings is 1. The summed E-state index contributed by atoms with van der Waals surface area (Å²) in [7, 11) is 2.01. The molecule has 1 aromatic rings. The highest BCUT2D eigenvalue weighted by Gasteiger charge is 2.23. The summed E-state index contributed by atoms with van der Waals surface area (Å²) in [5.74, 6) is 0.733. The average molecular weight is 224 g/mol. The second-order valence-corrected chi connectivity index (χ2v) is 4.35. The highest BCUT2D eigenvalue weighted by atomic mass is 16.5. The van der Waals surface area contributed by atoms with Gasteiger partial charge in [0, 0.05) is 6.04 Å². The first kappa shape index (κ1) is 11.5. The lowest BCUT2D eigenvalue weighted by Crippen LogP contribution is -2.40. The van der Waals surface area contributed by atoms with Gasteiger partial charge in [-0.3, -0.25) is 4.90 Å². The molecule has 1 unspecified atom stereocenters. The Hall–Kier alpha value is -0.940. The van der Waals surface area contributed by atoms with Crippen molar-refractivity contribution in [1.29, 1.82) is 0 Å². The monoisotopic (exact) mass is 224 g/mol. The van der Waals surface area contributed by atoms with Crippen LogP contribution in [0.3, 0.4) is 0 Å². The van der Waals surface area contributed by atoms with Crippen molar-refractivity contribution in [1.82, 2.24) is 20.4 Å². The zero-order chi connectivity index (χ0) is 11.2. The van der Waals surface area contributed by atoms with Gasteiger partial charge in [-0.25, -0.2) is 0 Å². The summed E-state index contributed by atoms with van der Waals surface area (Å²) in [6.07, 6.45) is 6.58. The summed E-state index contributed by atoms with van der Waals surface area (Å²) in [6, 6.07) is 0.660. The van der Waals surface area contributed by atoms with Gasteiger partial charge >= 0.3 is 0 Å². The highest BCUT2D eigenvalue weighted by molar-refractivity contribution is 4.82. The number of nitrogens with one attached hydrogen (secondary N) is 1. The largest absolute Gasteiger partial charge is 0.338 e. The SMILES string of the molecule is CNCCC1CCCCN1Cc1ncno1. The molecule has 5 nitrogen and oxygen atoms in total. The van der Waals surface area contributed by atoms with Crippen molar-refractivity contribution in [3.8, 4) is 0 Å². The van der Waals surface area contributed by atoms with Crippen LogP contribution in [0.2, 0.25) is 0 Å². The van der Waals surface area contributed by atoms with Crippen molar-refractivity contribution in [2.24, 2.45) is 0 Å². The third-order valence-corrected chi connectivity index (χ3v) is 3.22. The molecular weight excluding hydrogens is 204 g/mol. The van der Waals surface area contributed by atoms with Gasteiger partial charge in [0.25, 0.3) is 0 Å². The Morgan fingerprint density at radius 3 is 3.25 bits per heavy atom. The smallest absolute Gasteiger partial charge is 0.240 e. The molecule has 0 bridgehead atoms. The predicted molar refractivity (Wildman–Crippen MR) is 60.9 cm³/mol. The van der Waals surface area contributed by atoms with Gasteiger partial charge < -0.3 is 9.84 Å². The molecule has 1 fully saturated rings. The summed E-state index contributed by atoms with van der Waals surface area (Å²) in [5, 5.41) is 6.87. The summed E-state index contributed by atoms with van der Waals surface area (Å²) < 4.78 is 5.07. The van der Waals surface area contributed by atoms with E-state index in [1.54, 1.807) is 0 Å². The minimum Gasteiger partial charge on any atom is -0.338 e. The van der Waals surface area contributed by atoms with Crippen LogP contribution >= 0.6 is 0 Å². The van der Waals surface area contributed by atoms with E-state index in [0.29, 0.717) is 6.04 Å². The van der Waals surface area contributed by atoms with Crippen molar-refractivity contribution in [2.75, 3.05) is 20.1 Å². The topological polar surface area (TPSA) is 54.2 Å². The van der Waals surface area contributed by atoms with Gasteiger partial charge in [-0.2, -0.15) is 4.98 Å². The number of hydrogen-bond acceptors (Lipinski definition) is 5. The molecule has 0 spiro atoms. The van der Waals surface area contributed by atoms with Crippen LogP contribution in [-0.4, -0.2) is 41.2 Å². The molecule has 0 saturated carbocycles. The Labute approximate surface area is 96.2 Å². The van der Waals surface area contributed by atoms with Crippen LogP contribution in [0.4, 0.5) is 0 Å². The standard InChI is InChI=1S/C11H20N4O/c1-12-6-5-10-4-2-3-7-15(10)8-11-13-9-14-16-11/h9-10,12H,2-8H2,1H3. The van der Waals surface area contributed by atoms with Crippen molar-refractivity contribution >= 4 is 0 Å². The second-order valence-electron chi connectivity index (χ2n) is 4.35. The first-order chi connectivity index (χ1) is 7.90. The molecule has 1 N–H and O–H groups in total. The molecule has 0 amide bonds. The predicted octanol–water partition coefficient (Wildman–Crippen LogP) is 1.03. The molecule has 0 aliphatic carbocycles. The lowest BCUT2D eigenvalue weighted by molar-refractivity contribution is 0.117. The maximum absolute atomic E-state index is 5.07. The van der Waals surface area contributed by atoms with E-state index >= 15 is 0 Å². The van der Waals surface area contributed by atoms with Crippen LogP contribution in [0.1, 0.15) is 31.6 Å². The molecule has 5 heteroatoms. The van der Waals surface area contributed by atoms with Gasteiger partial charge in [-0.15, -0.1) is 0 Å². The Kier molecular flexibility index (Phi) is 4.30. The van der Waals surface area contributed by atoms with Crippen molar-refractivity contribution < 1.29 is 4.52 Å². The van der Waals surface area contributed by atoms with Crippen LogP contribution in [0.5, 0.6) is 0 Å². The fourth-order valence-corrected chi connectivity index (χ4v) is 2.35. The fourth-order valence-electron chi connectivity index (χ4n) is 2.35. The molecule has 2 heterocycles. The van der Waals surface area contributed by atoms with Gasteiger partial charge in [0.05, 0.1) is 6.54 Å². The third-order valence-electron chi connectivity index (χ3n) is 3.22. The Morgan fingerprint density at radius 1 is 1.56 bits per heavy atom. The molecule has 1 aliphatic heterocycles. The van der Waals surface area contributed by atoms with E-state index in [-0.39, 0.29) is 0 Å². The van der Waals surface area contributed by atoms with E-state index in [4.69, 9.17) is 4.52 Å². The van der Waals surface area contributed by atoms with Crippen molar-refractivity contribution in [3.63, 3.8) is 0 Å². The van der Waals surface area contributed by atoms with Crippen LogP contribution in [0.25, 0.3) is 0 Å². The van der Waals surface area contributed by atoms with Crippen LogP contribution in [-0.2, 0) is 6.54 Å². The van der Waals surface area contributed by atoms with E-state index in [1.165, 1.54) is 32.0 Å². The normalized spacial score (nSPS) is 22.4. The van der Waals surface area contributed by atoms with Crippen molar-refractivity contribution in [3.05, 3.63) is 12.2 Å². The van der Waals surface area contributed by atoms with E-state index in [0.717, 1.165) is 25.5 Å². The summed E-state index contributed by atoms with van der Waals surface area (Å²) in [4.78, 5) is 6.56. The molecule has 1 atom stereocenters. The molecule has 1 saturated heterocycles. The number of likely N-dealkylation sites (tertiary alicyclic amines) is 1. The molecule has 1 aromatic heterocycles. The number of hydrogen-bond donors (Lipinski definition) is 1. The van der Waals surface area contributed by atoms with E-state index in [1.807, 2.05) is 7.05 Å². The number of rotatable bonds is 5. The molecule has 1 aliphatic rings. The van der Waals surface area contributed by atoms with Crippen LogP contribution < -0.4 is 5.32 Å². The fraction of sp³-hybridized carbons (Fsp3) is 0.818. The molecule has 90 valence electrons. The second kappa shape index (κ2) is 5.96.